The van der Waals surface area contributed by atoms with Crippen LogP contribution in [0.1, 0.15) is 40.0 Å². The van der Waals surface area contributed by atoms with Gasteiger partial charge in [0.1, 0.15) is 0 Å². The van der Waals surface area contributed by atoms with Crippen molar-refractivity contribution in [1.82, 2.24) is 0 Å². The topological polar surface area (TPSA) is 34.1 Å². The molecular weight excluding hydrogens is 196 g/mol. The predicted molar refractivity (Wildman–Crippen MR) is 52.9 cm³/mol. The summed E-state index contributed by atoms with van der Waals surface area (Å²) in [5.74, 6) is 0.102. The van der Waals surface area contributed by atoms with Crippen LogP contribution in [0.3, 0.4) is 0 Å². The van der Waals surface area contributed by atoms with Gasteiger partial charge in [-0.25, -0.2) is 8.42 Å². The van der Waals surface area contributed by atoms with Crippen molar-refractivity contribution in [1.29, 1.82) is 0 Å². The zero-order valence-electron chi connectivity index (χ0n) is 7.93. The van der Waals surface area contributed by atoms with E-state index in [1.54, 1.807) is 0 Å². The van der Waals surface area contributed by atoms with Crippen LogP contribution < -0.4 is 0 Å². The molecule has 4 heteroatoms. The lowest BCUT2D eigenvalue weighted by molar-refractivity contribution is 0.363. The van der Waals surface area contributed by atoms with E-state index in [0.717, 1.165) is 12.8 Å². The minimum Gasteiger partial charge on any atom is -0.212 e. The Morgan fingerprint density at radius 3 is 2.00 bits per heavy atom. The molecule has 2 nitrogen and oxygen atoms in total. The fourth-order valence-corrected chi connectivity index (χ4v) is 1.81. The highest BCUT2D eigenvalue weighted by atomic mass is 35.7. The van der Waals surface area contributed by atoms with Crippen LogP contribution in [0.2, 0.25) is 0 Å². The van der Waals surface area contributed by atoms with Gasteiger partial charge in [0.25, 0.3) is 0 Å². The molecule has 0 heterocycles. The molecule has 0 rings (SSSR count). The third-order valence-corrected chi connectivity index (χ3v) is 2.80. The standard InChI is InChI=1S/C8H17ClO2S/c1-8(2,3)6-4-5-7-12(9,10)11/h4-7H2,1-3H3. The highest BCUT2D eigenvalue weighted by Gasteiger charge is 2.10. The molecule has 0 aromatic heterocycles. The number of unbranched alkanes of at least 4 members (excludes halogenated alkanes) is 1. The molecule has 0 radical (unpaired) electrons. The first-order valence-corrected chi connectivity index (χ1v) is 6.61. The highest BCUT2D eigenvalue weighted by molar-refractivity contribution is 8.13. The number of halogens is 1. The summed E-state index contributed by atoms with van der Waals surface area (Å²) < 4.78 is 21.0. The van der Waals surface area contributed by atoms with Gasteiger partial charge in [-0.2, -0.15) is 0 Å². The first kappa shape index (κ1) is 12.2. The summed E-state index contributed by atoms with van der Waals surface area (Å²) >= 11 is 0. The van der Waals surface area contributed by atoms with Gasteiger partial charge in [0.15, 0.2) is 0 Å². The molecule has 0 amide bonds. The summed E-state index contributed by atoms with van der Waals surface area (Å²) in [5.41, 5.74) is 0.288. The molecule has 0 atom stereocenters. The molecule has 0 fully saturated rings. The molecule has 12 heavy (non-hydrogen) atoms. The van der Waals surface area contributed by atoms with Gasteiger partial charge in [-0.3, -0.25) is 0 Å². The summed E-state index contributed by atoms with van der Waals surface area (Å²) in [6.07, 6.45) is 2.64. The van der Waals surface area contributed by atoms with E-state index in [-0.39, 0.29) is 11.2 Å². The monoisotopic (exact) mass is 212 g/mol. The Hall–Kier alpha value is 0.240. The number of hydrogen-bond donors (Lipinski definition) is 0. The van der Waals surface area contributed by atoms with Gasteiger partial charge in [-0.1, -0.05) is 27.2 Å². The van der Waals surface area contributed by atoms with E-state index in [0.29, 0.717) is 6.42 Å². The van der Waals surface area contributed by atoms with Crippen LogP contribution in [0, 0.1) is 5.41 Å². The van der Waals surface area contributed by atoms with Gasteiger partial charge in [0.2, 0.25) is 9.05 Å². The van der Waals surface area contributed by atoms with Crippen LogP contribution in [0.25, 0.3) is 0 Å². The molecule has 0 aliphatic rings. The van der Waals surface area contributed by atoms with Crippen molar-refractivity contribution in [3.63, 3.8) is 0 Å². The van der Waals surface area contributed by atoms with E-state index in [9.17, 15) is 8.42 Å². The van der Waals surface area contributed by atoms with Gasteiger partial charge in [0, 0.05) is 10.7 Å². The molecule has 0 saturated carbocycles. The Labute approximate surface area is 79.7 Å². The minimum absolute atomic E-state index is 0.102. The van der Waals surface area contributed by atoms with Gasteiger partial charge in [-0.05, 0) is 18.3 Å². The molecule has 0 unspecified atom stereocenters. The highest BCUT2D eigenvalue weighted by Crippen LogP contribution is 2.21. The third kappa shape index (κ3) is 10.2. The summed E-state index contributed by atoms with van der Waals surface area (Å²) in [7, 11) is 1.79. The van der Waals surface area contributed by atoms with Crippen molar-refractivity contribution < 1.29 is 8.42 Å². The quantitative estimate of drug-likeness (QED) is 0.531. The summed E-state index contributed by atoms with van der Waals surface area (Å²) in [6.45, 7) is 6.42. The molecule has 0 aliphatic carbocycles. The normalized spacial score (nSPS) is 13.3. The van der Waals surface area contributed by atoms with Crippen LogP contribution in [-0.4, -0.2) is 14.2 Å². The Morgan fingerprint density at radius 2 is 1.67 bits per heavy atom. The summed E-state index contributed by atoms with van der Waals surface area (Å²) in [5, 5.41) is 0. The second-order valence-electron chi connectivity index (χ2n) is 4.26. The van der Waals surface area contributed by atoms with E-state index >= 15 is 0 Å². The van der Waals surface area contributed by atoms with E-state index in [1.807, 2.05) is 0 Å². The molecular formula is C8H17ClO2S. The Balaban J connectivity index is 3.48. The molecule has 0 spiro atoms. The van der Waals surface area contributed by atoms with Crippen LogP contribution in [-0.2, 0) is 9.05 Å². The number of rotatable bonds is 4. The van der Waals surface area contributed by atoms with Gasteiger partial charge >= 0.3 is 0 Å². The first-order valence-electron chi connectivity index (χ1n) is 4.13. The molecule has 0 bridgehead atoms. The zero-order valence-corrected chi connectivity index (χ0v) is 9.50. The van der Waals surface area contributed by atoms with Crippen molar-refractivity contribution in [2.75, 3.05) is 5.75 Å². The summed E-state index contributed by atoms with van der Waals surface area (Å²) in [4.78, 5) is 0. The molecule has 0 saturated heterocycles. The fraction of sp³-hybridized carbons (Fsp3) is 1.00. The Kier molecular flexibility index (Phi) is 4.56. The maximum atomic E-state index is 10.5. The minimum atomic E-state index is -3.27. The molecule has 0 aromatic carbocycles. The smallest absolute Gasteiger partial charge is 0.212 e. The van der Waals surface area contributed by atoms with Gasteiger partial charge in [-0.15, -0.1) is 0 Å². The maximum absolute atomic E-state index is 10.5. The summed E-state index contributed by atoms with van der Waals surface area (Å²) in [6, 6.07) is 0. The van der Waals surface area contributed by atoms with Crippen LogP contribution in [0.4, 0.5) is 0 Å². The predicted octanol–water partition coefficient (Wildman–Crippen LogP) is 2.77. The Bertz CT molecular complexity index is 214. The lowest BCUT2D eigenvalue weighted by Crippen LogP contribution is -2.05. The van der Waals surface area contributed by atoms with Crippen LogP contribution in [0.5, 0.6) is 0 Å². The van der Waals surface area contributed by atoms with E-state index < -0.39 is 9.05 Å². The lowest BCUT2D eigenvalue weighted by atomic mass is 9.90. The van der Waals surface area contributed by atoms with E-state index in [1.165, 1.54) is 0 Å². The zero-order chi connectivity index (χ0) is 9.83. The van der Waals surface area contributed by atoms with E-state index in [4.69, 9.17) is 10.7 Å². The third-order valence-electron chi connectivity index (χ3n) is 1.56. The largest absolute Gasteiger partial charge is 0.232 e. The van der Waals surface area contributed by atoms with Crippen molar-refractivity contribution in [2.45, 2.75) is 40.0 Å². The second kappa shape index (κ2) is 4.47. The lowest BCUT2D eigenvalue weighted by Gasteiger charge is -2.16. The molecule has 0 N–H and O–H groups in total. The SMILES string of the molecule is CC(C)(C)CCCCS(=O)(=O)Cl. The van der Waals surface area contributed by atoms with Gasteiger partial charge < -0.3 is 0 Å². The van der Waals surface area contributed by atoms with Crippen molar-refractivity contribution in [3.8, 4) is 0 Å². The molecule has 0 aliphatic heterocycles. The maximum Gasteiger partial charge on any atom is 0.232 e. The van der Waals surface area contributed by atoms with E-state index in [2.05, 4.69) is 20.8 Å². The second-order valence-corrected chi connectivity index (χ2v) is 7.16. The average molecular weight is 213 g/mol. The molecule has 74 valence electrons. The molecule has 0 aromatic rings. The van der Waals surface area contributed by atoms with Crippen molar-refractivity contribution in [3.05, 3.63) is 0 Å². The van der Waals surface area contributed by atoms with Crippen LogP contribution in [0.15, 0.2) is 0 Å². The first-order chi connectivity index (χ1) is 5.21. The van der Waals surface area contributed by atoms with Crippen LogP contribution >= 0.6 is 10.7 Å². The van der Waals surface area contributed by atoms with Gasteiger partial charge in [0.05, 0.1) is 5.75 Å². The number of hydrogen-bond acceptors (Lipinski definition) is 2. The fourth-order valence-electron chi connectivity index (χ4n) is 0.930. The Morgan fingerprint density at radius 1 is 1.17 bits per heavy atom. The van der Waals surface area contributed by atoms with Crippen molar-refractivity contribution >= 4 is 19.7 Å². The van der Waals surface area contributed by atoms with Crippen molar-refractivity contribution in [2.24, 2.45) is 5.41 Å². The average Bonchev–Trinajstić information content (AvgIpc) is 1.76.